The lowest BCUT2D eigenvalue weighted by Gasteiger charge is -2.33. The second-order valence-corrected chi connectivity index (χ2v) is 5.65. The lowest BCUT2D eigenvalue weighted by Crippen LogP contribution is -2.39. The average molecular weight is 250 g/mol. The zero-order valence-corrected chi connectivity index (χ0v) is 11.6. The maximum absolute atomic E-state index is 6.14. The van der Waals surface area contributed by atoms with Gasteiger partial charge in [-0.3, -0.25) is 0 Å². The zero-order valence-electron chi connectivity index (χ0n) is 11.6. The van der Waals surface area contributed by atoms with Gasteiger partial charge >= 0.3 is 0 Å². The van der Waals surface area contributed by atoms with E-state index in [-0.39, 0.29) is 11.6 Å². The van der Waals surface area contributed by atoms with Crippen molar-refractivity contribution >= 4 is 11.5 Å². The molecule has 100 valence electrons. The van der Waals surface area contributed by atoms with Gasteiger partial charge in [-0.2, -0.15) is 4.98 Å². The summed E-state index contributed by atoms with van der Waals surface area (Å²) in [4.78, 5) is 10.7. The molecule has 0 atom stereocenters. The van der Waals surface area contributed by atoms with Crippen LogP contribution in [0.5, 0.6) is 5.88 Å². The van der Waals surface area contributed by atoms with E-state index in [1.807, 2.05) is 13.8 Å². The van der Waals surface area contributed by atoms with Crippen LogP contribution in [-0.4, -0.2) is 28.2 Å². The zero-order chi connectivity index (χ0) is 13.3. The first kappa shape index (κ1) is 12.9. The molecule has 2 N–H and O–H groups in total. The molecule has 2 rings (SSSR count). The van der Waals surface area contributed by atoms with E-state index >= 15 is 0 Å². The Hall–Kier alpha value is -1.52. The molecule has 1 aliphatic heterocycles. The first-order valence-electron chi connectivity index (χ1n) is 6.46. The number of aromatic nitrogens is 2. The standard InChI is InChI=1S/C13H22N4O/c1-9(2)18-12-10(14)11(15-8-16-12)17-7-5-6-13(17,3)4/h8-9H,5-7,14H2,1-4H3. The third-order valence-corrected chi connectivity index (χ3v) is 3.33. The molecular weight excluding hydrogens is 228 g/mol. The van der Waals surface area contributed by atoms with E-state index < -0.39 is 0 Å². The largest absolute Gasteiger partial charge is 0.473 e. The van der Waals surface area contributed by atoms with Crippen LogP contribution >= 0.6 is 0 Å². The smallest absolute Gasteiger partial charge is 0.242 e. The maximum atomic E-state index is 6.14. The Labute approximate surface area is 108 Å². The van der Waals surface area contributed by atoms with Gasteiger partial charge in [0.15, 0.2) is 5.82 Å². The van der Waals surface area contributed by atoms with Crippen LogP contribution in [0.2, 0.25) is 0 Å². The van der Waals surface area contributed by atoms with Gasteiger partial charge in [0.25, 0.3) is 0 Å². The summed E-state index contributed by atoms with van der Waals surface area (Å²) < 4.78 is 5.61. The van der Waals surface area contributed by atoms with Gasteiger partial charge in [-0.15, -0.1) is 0 Å². The van der Waals surface area contributed by atoms with Gasteiger partial charge in [-0.1, -0.05) is 0 Å². The fourth-order valence-corrected chi connectivity index (χ4v) is 2.40. The van der Waals surface area contributed by atoms with Crippen LogP contribution in [0.1, 0.15) is 40.5 Å². The molecule has 0 aromatic carbocycles. The number of rotatable bonds is 3. The third kappa shape index (κ3) is 2.35. The number of ether oxygens (including phenoxy) is 1. The van der Waals surface area contributed by atoms with Crippen molar-refractivity contribution in [2.45, 2.75) is 52.2 Å². The molecule has 0 aliphatic carbocycles. The summed E-state index contributed by atoms with van der Waals surface area (Å²) >= 11 is 0. The average Bonchev–Trinajstić information content (AvgIpc) is 2.61. The van der Waals surface area contributed by atoms with Crippen molar-refractivity contribution in [2.75, 3.05) is 17.2 Å². The molecule has 1 aromatic rings. The Bertz CT molecular complexity index is 431. The second-order valence-electron chi connectivity index (χ2n) is 5.65. The highest BCUT2D eigenvalue weighted by molar-refractivity contribution is 5.69. The number of hydrogen-bond donors (Lipinski definition) is 1. The Balaban J connectivity index is 2.34. The van der Waals surface area contributed by atoms with E-state index in [0.717, 1.165) is 25.2 Å². The van der Waals surface area contributed by atoms with E-state index in [1.54, 1.807) is 0 Å². The molecule has 0 spiro atoms. The minimum Gasteiger partial charge on any atom is -0.473 e. The van der Waals surface area contributed by atoms with Crippen molar-refractivity contribution in [2.24, 2.45) is 0 Å². The molecule has 0 unspecified atom stereocenters. The number of nitrogens with two attached hydrogens (primary N) is 1. The van der Waals surface area contributed by atoms with Gasteiger partial charge in [-0.25, -0.2) is 4.98 Å². The molecule has 0 saturated carbocycles. The SMILES string of the molecule is CC(C)Oc1ncnc(N2CCCC2(C)C)c1N. The normalized spacial score (nSPS) is 18.4. The highest BCUT2D eigenvalue weighted by Crippen LogP contribution is 2.37. The van der Waals surface area contributed by atoms with Crippen LogP contribution in [0.3, 0.4) is 0 Å². The fourth-order valence-electron chi connectivity index (χ4n) is 2.40. The van der Waals surface area contributed by atoms with Crippen molar-refractivity contribution in [3.8, 4) is 5.88 Å². The summed E-state index contributed by atoms with van der Waals surface area (Å²) in [6.45, 7) is 9.33. The van der Waals surface area contributed by atoms with E-state index in [0.29, 0.717) is 11.6 Å². The molecule has 1 saturated heterocycles. The lowest BCUT2D eigenvalue weighted by molar-refractivity contribution is 0.234. The van der Waals surface area contributed by atoms with Crippen molar-refractivity contribution in [1.29, 1.82) is 0 Å². The topological polar surface area (TPSA) is 64.3 Å². The van der Waals surface area contributed by atoms with Gasteiger partial charge in [0.05, 0.1) is 6.10 Å². The van der Waals surface area contributed by atoms with Crippen molar-refractivity contribution in [3.63, 3.8) is 0 Å². The predicted octanol–water partition coefficient (Wildman–Crippen LogP) is 2.22. The summed E-state index contributed by atoms with van der Waals surface area (Å²) in [7, 11) is 0. The number of anilines is 2. The molecule has 0 amide bonds. The van der Waals surface area contributed by atoms with Crippen molar-refractivity contribution in [1.82, 2.24) is 9.97 Å². The predicted molar refractivity (Wildman–Crippen MR) is 72.9 cm³/mol. The van der Waals surface area contributed by atoms with Gasteiger partial charge in [0.1, 0.15) is 12.0 Å². The Kier molecular flexibility index (Phi) is 3.32. The molecule has 0 radical (unpaired) electrons. The van der Waals surface area contributed by atoms with Crippen molar-refractivity contribution in [3.05, 3.63) is 6.33 Å². The minimum atomic E-state index is 0.0571. The van der Waals surface area contributed by atoms with Crippen LogP contribution in [0.25, 0.3) is 0 Å². The van der Waals surface area contributed by atoms with Gasteiger partial charge in [0.2, 0.25) is 5.88 Å². The molecule has 5 heteroatoms. The van der Waals surface area contributed by atoms with Crippen LogP contribution in [0, 0.1) is 0 Å². The Morgan fingerprint density at radius 1 is 1.39 bits per heavy atom. The van der Waals surface area contributed by atoms with E-state index in [1.165, 1.54) is 6.33 Å². The summed E-state index contributed by atoms with van der Waals surface area (Å²) in [5.41, 5.74) is 6.78. The van der Waals surface area contributed by atoms with Gasteiger partial charge < -0.3 is 15.4 Å². The summed E-state index contributed by atoms with van der Waals surface area (Å²) in [5.74, 6) is 1.28. The quantitative estimate of drug-likeness (QED) is 0.891. The first-order chi connectivity index (χ1) is 8.42. The van der Waals surface area contributed by atoms with Gasteiger partial charge in [0, 0.05) is 12.1 Å². The highest BCUT2D eigenvalue weighted by atomic mass is 16.5. The molecule has 1 aliphatic rings. The van der Waals surface area contributed by atoms with Crippen LogP contribution < -0.4 is 15.4 Å². The third-order valence-electron chi connectivity index (χ3n) is 3.33. The molecular formula is C13H22N4O. The van der Waals surface area contributed by atoms with E-state index in [9.17, 15) is 0 Å². The highest BCUT2D eigenvalue weighted by Gasteiger charge is 2.34. The summed E-state index contributed by atoms with van der Waals surface area (Å²) in [6, 6.07) is 0. The maximum Gasteiger partial charge on any atom is 0.242 e. The molecule has 1 aromatic heterocycles. The number of hydrogen-bond acceptors (Lipinski definition) is 5. The van der Waals surface area contributed by atoms with Crippen LogP contribution in [-0.2, 0) is 0 Å². The molecule has 5 nitrogen and oxygen atoms in total. The second kappa shape index (κ2) is 4.63. The van der Waals surface area contributed by atoms with Gasteiger partial charge in [-0.05, 0) is 40.5 Å². The molecule has 1 fully saturated rings. The molecule has 2 heterocycles. The van der Waals surface area contributed by atoms with Crippen LogP contribution in [0.15, 0.2) is 6.33 Å². The molecule has 18 heavy (non-hydrogen) atoms. The van der Waals surface area contributed by atoms with Crippen LogP contribution in [0.4, 0.5) is 11.5 Å². The Morgan fingerprint density at radius 3 is 2.67 bits per heavy atom. The minimum absolute atomic E-state index is 0.0571. The molecule has 0 bridgehead atoms. The summed E-state index contributed by atoms with van der Waals surface area (Å²) in [5, 5.41) is 0. The van der Waals surface area contributed by atoms with E-state index in [4.69, 9.17) is 10.5 Å². The number of nitrogens with zero attached hydrogens (tertiary/aromatic N) is 3. The monoisotopic (exact) mass is 250 g/mol. The number of nitrogen functional groups attached to an aromatic ring is 1. The summed E-state index contributed by atoms with van der Waals surface area (Å²) in [6.07, 6.45) is 3.90. The fraction of sp³-hybridized carbons (Fsp3) is 0.692. The van der Waals surface area contributed by atoms with E-state index in [2.05, 4.69) is 28.7 Å². The van der Waals surface area contributed by atoms with Crippen molar-refractivity contribution < 1.29 is 4.74 Å². The lowest BCUT2D eigenvalue weighted by atomic mass is 10.0. The first-order valence-corrected chi connectivity index (χ1v) is 6.46. The Morgan fingerprint density at radius 2 is 2.11 bits per heavy atom.